The summed E-state index contributed by atoms with van der Waals surface area (Å²) >= 11 is 0. The Morgan fingerprint density at radius 1 is 1.12 bits per heavy atom. The summed E-state index contributed by atoms with van der Waals surface area (Å²) in [5.74, 6) is 0. The molecule has 17 heavy (non-hydrogen) atoms. The number of fused-ring (bicyclic) bond motifs is 1. The van der Waals surface area contributed by atoms with Crippen LogP contribution in [-0.2, 0) is 0 Å². The highest BCUT2D eigenvalue weighted by molar-refractivity contribution is 5.84. The Labute approximate surface area is 97.5 Å². The van der Waals surface area contributed by atoms with E-state index < -0.39 is 0 Å². The van der Waals surface area contributed by atoms with Crippen LogP contribution in [-0.4, -0.2) is 15.2 Å². The highest BCUT2D eigenvalue weighted by Gasteiger charge is 2.07. The van der Waals surface area contributed by atoms with Crippen LogP contribution in [0.2, 0.25) is 0 Å². The Balaban J connectivity index is 2.23. The minimum atomic E-state index is 0.449. The number of nitrogens with zero attached hydrogens (tertiary/aromatic N) is 3. The zero-order valence-corrected chi connectivity index (χ0v) is 8.88. The molecule has 0 atom stereocenters. The first kappa shape index (κ1) is 9.55. The maximum atomic E-state index is 8.94. The Bertz CT molecular complexity index is 707. The van der Waals surface area contributed by atoms with E-state index in [-0.39, 0.29) is 0 Å². The number of aromatic amines is 1. The third kappa shape index (κ3) is 1.54. The number of benzene rings is 1. The van der Waals surface area contributed by atoms with Gasteiger partial charge in [0, 0.05) is 11.8 Å². The first-order valence-electron chi connectivity index (χ1n) is 5.18. The lowest BCUT2D eigenvalue weighted by atomic mass is 10.1. The van der Waals surface area contributed by atoms with E-state index in [0.29, 0.717) is 11.3 Å². The lowest BCUT2D eigenvalue weighted by Gasteiger charge is -1.99. The fourth-order valence-electron chi connectivity index (χ4n) is 1.77. The summed E-state index contributed by atoms with van der Waals surface area (Å²) in [7, 11) is 0. The largest absolute Gasteiger partial charge is 0.265 e. The molecule has 0 unspecified atom stereocenters. The monoisotopic (exact) mass is 220 g/mol. The Hall–Kier alpha value is -2.67. The molecule has 2 heterocycles. The van der Waals surface area contributed by atoms with Gasteiger partial charge in [-0.05, 0) is 11.6 Å². The predicted octanol–water partition coefficient (Wildman–Crippen LogP) is 2.50. The quantitative estimate of drug-likeness (QED) is 0.685. The zero-order chi connectivity index (χ0) is 11.7. The van der Waals surface area contributed by atoms with Gasteiger partial charge in [0.25, 0.3) is 0 Å². The van der Waals surface area contributed by atoms with Gasteiger partial charge in [-0.15, -0.1) is 0 Å². The van der Waals surface area contributed by atoms with Crippen molar-refractivity contribution in [2.45, 2.75) is 0 Å². The van der Waals surface area contributed by atoms with Crippen LogP contribution in [0.4, 0.5) is 0 Å². The van der Waals surface area contributed by atoms with E-state index in [1.54, 1.807) is 6.20 Å². The lowest BCUT2D eigenvalue weighted by Crippen LogP contribution is -1.81. The van der Waals surface area contributed by atoms with Crippen LogP contribution >= 0.6 is 0 Å². The van der Waals surface area contributed by atoms with Crippen LogP contribution in [0.15, 0.2) is 42.6 Å². The van der Waals surface area contributed by atoms with Crippen LogP contribution in [0.25, 0.3) is 22.2 Å². The first-order chi connectivity index (χ1) is 8.38. The average Bonchev–Trinajstić information content (AvgIpc) is 2.81. The van der Waals surface area contributed by atoms with Crippen LogP contribution in [0.1, 0.15) is 5.69 Å². The molecule has 1 N–H and O–H groups in total. The standard InChI is InChI=1S/C13H8N4/c14-7-12-11-6-10(8-15-13(11)17-16-12)9-4-2-1-3-5-9/h1-6,8H,(H,15,16,17). The molecule has 3 rings (SSSR count). The van der Waals surface area contributed by atoms with Crippen molar-refractivity contribution < 1.29 is 0 Å². The molecule has 0 saturated carbocycles. The summed E-state index contributed by atoms with van der Waals surface area (Å²) in [6.07, 6.45) is 1.76. The van der Waals surface area contributed by atoms with Gasteiger partial charge in [0.2, 0.25) is 0 Å². The molecule has 4 nitrogen and oxygen atoms in total. The van der Waals surface area contributed by atoms with Crippen molar-refractivity contribution in [2.75, 3.05) is 0 Å². The van der Waals surface area contributed by atoms with E-state index in [0.717, 1.165) is 16.5 Å². The molecule has 0 aliphatic heterocycles. The third-order valence-electron chi connectivity index (χ3n) is 2.63. The van der Waals surface area contributed by atoms with Gasteiger partial charge in [0.15, 0.2) is 5.65 Å². The van der Waals surface area contributed by atoms with Gasteiger partial charge in [-0.1, -0.05) is 30.3 Å². The summed E-state index contributed by atoms with van der Waals surface area (Å²) in [5, 5.41) is 16.3. The Kier molecular flexibility index (Phi) is 2.09. The number of hydrogen-bond acceptors (Lipinski definition) is 3. The summed E-state index contributed by atoms with van der Waals surface area (Å²) < 4.78 is 0. The normalized spacial score (nSPS) is 10.3. The van der Waals surface area contributed by atoms with E-state index >= 15 is 0 Å². The molecule has 2 aromatic heterocycles. The molecule has 0 spiro atoms. The summed E-state index contributed by atoms with van der Waals surface area (Å²) in [6.45, 7) is 0. The molecule has 3 aromatic rings. The van der Waals surface area contributed by atoms with E-state index in [4.69, 9.17) is 5.26 Å². The summed E-state index contributed by atoms with van der Waals surface area (Å²) in [6, 6.07) is 13.9. The number of hydrogen-bond donors (Lipinski definition) is 1. The van der Waals surface area contributed by atoms with Crippen molar-refractivity contribution in [2.24, 2.45) is 0 Å². The van der Waals surface area contributed by atoms with Crippen molar-refractivity contribution >= 4 is 11.0 Å². The highest BCUT2D eigenvalue weighted by Crippen LogP contribution is 2.22. The number of H-pyrrole nitrogens is 1. The fourth-order valence-corrected chi connectivity index (χ4v) is 1.77. The molecule has 0 fully saturated rings. The second-order valence-electron chi connectivity index (χ2n) is 3.67. The summed E-state index contributed by atoms with van der Waals surface area (Å²) in [5.41, 5.74) is 3.08. The predicted molar refractivity (Wildman–Crippen MR) is 64.0 cm³/mol. The van der Waals surface area contributed by atoms with Crippen molar-refractivity contribution in [1.29, 1.82) is 5.26 Å². The maximum absolute atomic E-state index is 8.94. The number of rotatable bonds is 1. The fraction of sp³-hybridized carbons (Fsp3) is 0. The van der Waals surface area contributed by atoms with Gasteiger partial charge in [-0.25, -0.2) is 4.98 Å². The summed E-state index contributed by atoms with van der Waals surface area (Å²) in [4.78, 5) is 4.23. The van der Waals surface area contributed by atoms with Crippen molar-refractivity contribution in [3.63, 3.8) is 0 Å². The van der Waals surface area contributed by atoms with E-state index in [1.165, 1.54) is 0 Å². The molecule has 0 aliphatic carbocycles. The first-order valence-corrected chi connectivity index (χ1v) is 5.18. The molecule has 0 radical (unpaired) electrons. The second kappa shape index (κ2) is 3.72. The van der Waals surface area contributed by atoms with Gasteiger partial charge >= 0.3 is 0 Å². The van der Waals surface area contributed by atoms with Crippen LogP contribution in [0.5, 0.6) is 0 Å². The smallest absolute Gasteiger partial charge is 0.182 e. The van der Waals surface area contributed by atoms with E-state index in [2.05, 4.69) is 21.3 Å². The second-order valence-corrected chi connectivity index (χ2v) is 3.67. The average molecular weight is 220 g/mol. The number of pyridine rings is 1. The SMILES string of the molecule is N#Cc1[nH]nc2ncc(-c3ccccc3)cc12. The maximum Gasteiger partial charge on any atom is 0.182 e. The van der Waals surface area contributed by atoms with Crippen LogP contribution < -0.4 is 0 Å². The minimum absolute atomic E-state index is 0.449. The zero-order valence-electron chi connectivity index (χ0n) is 8.88. The van der Waals surface area contributed by atoms with E-state index in [1.807, 2.05) is 36.4 Å². The molecule has 80 valence electrons. The van der Waals surface area contributed by atoms with Crippen molar-refractivity contribution in [3.05, 3.63) is 48.3 Å². The minimum Gasteiger partial charge on any atom is -0.265 e. The van der Waals surface area contributed by atoms with Gasteiger partial charge < -0.3 is 0 Å². The highest BCUT2D eigenvalue weighted by atomic mass is 15.1. The number of aromatic nitrogens is 3. The Morgan fingerprint density at radius 2 is 1.94 bits per heavy atom. The van der Waals surface area contributed by atoms with Crippen molar-refractivity contribution in [3.8, 4) is 17.2 Å². The molecule has 1 aromatic carbocycles. The van der Waals surface area contributed by atoms with E-state index in [9.17, 15) is 0 Å². The third-order valence-corrected chi connectivity index (χ3v) is 2.63. The van der Waals surface area contributed by atoms with Crippen LogP contribution in [0.3, 0.4) is 0 Å². The molecule has 0 amide bonds. The molecule has 0 saturated heterocycles. The number of nitriles is 1. The van der Waals surface area contributed by atoms with Gasteiger partial charge in [-0.3, -0.25) is 5.10 Å². The molecule has 0 bridgehead atoms. The lowest BCUT2D eigenvalue weighted by molar-refractivity contribution is 1.08. The topological polar surface area (TPSA) is 65.4 Å². The Morgan fingerprint density at radius 3 is 2.71 bits per heavy atom. The van der Waals surface area contributed by atoms with Crippen molar-refractivity contribution in [1.82, 2.24) is 15.2 Å². The van der Waals surface area contributed by atoms with Gasteiger partial charge in [-0.2, -0.15) is 10.4 Å². The molecular formula is C13H8N4. The number of nitrogens with one attached hydrogen (secondary N) is 1. The van der Waals surface area contributed by atoms with Gasteiger partial charge in [0.1, 0.15) is 11.8 Å². The van der Waals surface area contributed by atoms with Gasteiger partial charge in [0.05, 0.1) is 5.39 Å². The molecule has 4 heteroatoms. The van der Waals surface area contributed by atoms with Crippen LogP contribution in [0, 0.1) is 11.3 Å². The molecule has 0 aliphatic rings. The molecular weight excluding hydrogens is 212 g/mol.